The van der Waals surface area contributed by atoms with Crippen LogP contribution in [0.15, 0.2) is 97.1 Å². The van der Waals surface area contributed by atoms with E-state index in [1.807, 2.05) is 0 Å². The minimum atomic E-state index is 0.845. The van der Waals surface area contributed by atoms with Gasteiger partial charge in [-0.1, -0.05) is 114 Å². The van der Waals surface area contributed by atoms with E-state index in [2.05, 4.69) is 111 Å². The summed E-state index contributed by atoms with van der Waals surface area (Å²) in [6.07, 6.45) is 2.48. The molecular weight excluding hydrogens is 398 g/mol. The van der Waals surface area contributed by atoms with Crippen molar-refractivity contribution in [1.29, 1.82) is 0 Å². The van der Waals surface area contributed by atoms with E-state index in [4.69, 9.17) is 0 Å². The van der Waals surface area contributed by atoms with Gasteiger partial charge in [-0.2, -0.15) is 0 Å². The fourth-order valence-electron chi connectivity index (χ4n) is 3.89. The Hall–Kier alpha value is -2.26. The zero-order valence-electron chi connectivity index (χ0n) is 17.7. The Morgan fingerprint density at radius 1 is 0.433 bits per heavy atom. The molecule has 0 N–H and O–H groups in total. The van der Waals surface area contributed by atoms with Crippen molar-refractivity contribution in [3.63, 3.8) is 0 Å². The van der Waals surface area contributed by atoms with Crippen LogP contribution in [0.25, 0.3) is 22.3 Å². The molecule has 0 bridgehead atoms. The van der Waals surface area contributed by atoms with Gasteiger partial charge < -0.3 is 0 Å². The number of benzene rings is 4. The van der Waals surface area contributed by atoms with Gasteiger partial charge in [0.25, 0.3) is 0 Å². The molecule has 0 spiro atoms. The maximum Gasteiger partial charge on any atom is -0.0107 e. The highest BCUT2D eigenvalue weighted by Gasteiger charge is 2.09. The van der Waals surface area contributed by atoms with Crippen LogP contribution in [0.1, 0.15) is 11.1 Å². The molecule has 30 heavy (non-hydrogen) atoms. The van der Waals surface area contributed by atoms with Crippen molar-refractivity contribution in [3.05, 3.63) is 108 Å². The minimum absolute atomic E-state index is 0.845. The maximum absolute atomic E-state index is 2.31. The summed E-state index contributed by atoms with van der Waals surface area (Å²) in [6.45, 7) is 4.41. The van der Waals surface area contributed by atoms with Gasteiger partial charge in [0.1, 0.15) is 0 Å². The molecule has 150 valence electrons. The van der Waals surface area contributed by atoms with Crippen LogP contribution >= 0.6 is 17.2 Å². The molecule has 2 atom stereocenters. The van der Waals surface area contributed by atoms with Crippen molar-refractivity contribution in [2.75, 3.05) is 12.3 Å². The first-order valence-corrected chi connectivity index (χ1v) is 12.9. The molecule has 0 heterocycles. The Bertz CT molecular complexity index is 1040. The Morgan fingerprint density at radius 2 is 0.767 bits per heavy atom. The van der Waals surface area contributed by atoms with Gasteiger partial charge in [-0.15, -0.1) is 0 Å². The molecule has 0 fully saturated rings. The van der Waals surface area contributed by atoms with E-state index in [1.54, 1.807) is 0 Å². The standard InChI is InChI=1S/C28H28P2/c1-21-11-3-5-13-23(21)25-15-7-9-17-27(25)29-19-20-30-28-18-10-8-16-26(28)24-14-6-4-12-22(24)2/h3-18,29-30H,19-20H2,1-2H3. The second-order valence-corrected chi connectivity index (χ2v) is 10.4. The maximum atomic E-state index is 2.31. The first kappa shape index (κ1) is 21.0. The van der Waals surface area contributed by atoms with E-state index in [0.717, 1.165) is 17.2 Å². The average molecular weight is 426 g/mol. The lowest BCUT2D eigenvalue weighted by molar-refractivity contribution is 1.46. The Labute approximate surface area is 184 Å². The number of hydrogen-bond acceptors (Lipinski definition) is 0. The summed E-state index contributed by atoms with van der Waals surface area (Å²) in [5.41, 5.74) is 8.24. The smallest absolute Gasteiger partial charge is 0.0107 e. The second kappa shape index (κ2) is 10.2. The summed E-state index contributed by atoms with van der Waals surface area (Å²) in [5, 5.41) is 2.98. The highest BCUT2D eigenvalue weighted by atomic mass is 31.1. The van der Waals surface area contributed by atoms with Crippen LogP contribution in [0.3, 0.4) is 0 Å². The summed E-state index contributed by atoms with van der Waals surface area (Å²) >= 11 is 0. The van der Waals surface area contributed by atoms with Gasteiger partial charge in [0.15, 0.2) is 0 Å². The normalized spacial score (nSPS) is 11.7. The fourth-order valence-corrected chi connectivity index (χ4v) is 6.67. The van der Waals surface area contributed by atoms with Gasteiger partial charge in [-0.3, -0.25) is 0 Å². The highest BCUT2D eigenvalue weighted by molar-refractivity contribution is 7.51. The first-order valence-electron chi connectivity index (χ1n) is 10.5. The van der Waals surface area contributed by atoms with Crippen molar-refractivity contribution < 1.29 is 0 Å². The molecule has 0 radical (unpaired) electrons. The van der Waals surface area contributed by atoms with Crippen molar-refractivity contribution in [3.8, 4) is 22.3 Å². The zero-order valence-corrected chi connectivity index (χ0v) is 19.7. The zero-order chi connectivity index (χ0) is 20.8. The van der Waals surface area contributed by atoms with Crippen molar-refractivity contribution in [1.82, 2.24) is 0 Å². The lowest BCUT2D eigenvalue weighted by Crippen LogP contribution is -2.05. The van der Waals surface area contributed by atoms with Gasteiger partial charge >= 0.3 is 0 Å². The predicted molar refractivity (Wildman–Crippen MR) is 139 cm³/mol. The van der Waals surface area contributed by atoms with E-state index >= 15 is 0 Å². The van der Waals surface area contributed by atoms with Crippen LogP contribution in [0.2, 0.25) is 0 Å². The average Bonchev–Trinajstić information content (AvgIpc) is 2.78. The summed E-state index contributed by atoms with van der Waals surface area (Å²) in [6, 6.07) is 35.3. The van der Waals surface area contributed by atoms with Gasteiger partial charge in [-0.05, 0) is 70.2 Å². The van der Waals surface area contributed by atoms with E-state index in [9.17, 15) is 0 Å². The van der Waals surface area contributed by atoms with Gasteiger partial charge in [-0.25, -0.2) is 0 Å². The minimum Gasteiger partial charge on any atom is -0.0894 e. The third-order valence-corrected chi connectivity index (χ3v) is 8.61. The van der Waals surface area contributed by atoms with Crippen LogP contribution in [-0.2, 0) is 0 Å². The Kier molecular flexibility index (Phi) is 7.11. The third kappa shape index (κ3) is 4.89. The summed E-state index contributed by atoms with van der Waals surface area (Å²) in [5.74, 6) is 0. The summed E-state index contributed by atoms with van der Waals surface area (Å²) in [4.78, 5) is 0. The molecule has 0 amide bonds. The van der Waals surface area contributed by atoms with Crippen LogP contribution in [0.5, 0.6) is 0 Å². The van der Waals surface area contributed by atoms with Gasteiger partial charge in [0, 0.05) is 0 Å². The number of aryl methyl sites for hydroxylation is 2. The lowest BCUT2D eigenvalue weighted by Gasteiger charge is -2.14. The molecule has 0 aliphatic carbocycles. The molecular formula is C28H28P2. The SMILES string of the molecule is Cc1ccccc1-c1ccccc1PCCPc1ccccc1-c1ccccc1C. The molecule has 2 heteroatoms. The van der Waals surface area contributed by atoms with Crippen LogP contribution < -0.4 is 10.6 Å². The molecule has 4 aromatic rings. The fraction of sp³-hybridized carbons (Fsp3) is 0.143. The van der Waals surface area contributed by atoms with Crippen LogP contribution in [0, 0.1) is 13.8 Å². The lowest BCUT2D eigenvalue weighted by atomic mass is 10.0. The first-order chi connectivity index (χ1) is 14.7. The molecule has 0 saturated carbocycles. The Morgan fingerprint density at radius 3 is 1.17 bits per heavy atom. The van der Waals surface area contributed by atoms with E-state index < -0.39 is 0 Å². The molecule has 0 aliphatic heterocycles. The van der Waals surface area contributed by atoms with E-state index in [1.165, 1.54) is 56.3 Å². The Balaban J connectivity index is 1.46. The second-order valence-electron chi connectivity index (χ2n) is 7.57. The third-order valence-electron chi connectivity index (χ3n) is 5.48. The van der Waals surface area contributed by atoms with E-state index in [0.29, 0.717) is 0 Å². The largest absolute Gasteiger partial charge is 0.0894 e. The van der Waals surface area contributed by atoms with Crippen molar-refractivity contribution in [2.45, 2.75) is 13.8 Å². The molecule has 4 rings (SSSR count). The molecule has 0 saturated heterocycles. The molecule has 2 unspecified atom stereocenters. The van der Waals surface area contributed by atoms with Gasteiger partial charge in [0.05, 0.1) is 0 Å². The van der Waals surface area contributed by atoms with Crippen LogP contribution in [-0.4, -0.2) is 12.3 Å². The van der Waals surface area contributed by atoms with Gasteiger partial charge in [0.2, 0.25) is 0 Å². The number of hydrogen-bond donors (Lipinski definition) is 0. The van der Waals surface area contributed by atoms with Crippen LogP contribution in [0.4, 0.5) is 0 Å². The molecule has 0 nitrogen and oxygen atoms in total. The molecule has 0 aliphatic rings. The molecule has 0 aromatic heterocycles. The molecule has 4 aromatic carbocycles. The monoisotopic (exact) mass is 426 g/mol. The highest BCUT2D eigenvalue weighted by Crippen LogP contribution is 2.29. The van der Waals surface area contributed by atoms with E-state index in [-0.39, 0.29) is 0 Å². The summed E-state index contributed by atoms with van der Waals surface area (Å²) < 4.78 is 0. The summed E-state index contributed by atoms with van der Waals surface area (Å²) in [7, 11) is 1.69. The van der Waals surface area contributed by atoms with Crippen molar-refractivity contribution in [2.24, 2.45) is 0 Å². The number of rotatable bonds is 7. The predicted octanol–water partition coefficient (Wildman–Crippen LogP) is 6.95. The quantitative estimate of drug-likeness (QED) is 0.222. The van der Waals surface area contributed by atoms with Crippen molar-refractivity contribution >= 4 is 27.8 Å². The topological polar surface area (TPSA) is 0 Å².